The first-order chi connectivity index (χ1) is 5.33. The highest BCUT2D eigenvalue weighted by Gasteiger charge is 2.29. The smallest absolute Gasteiger partial charge is 0.0506 e. The lowest BCUT2D eigenvalue weighted by Crippen LogP contribution is -2.50. The van der Waals surface area contributed by atoms with Crippen molar-refractivity contribution in [2.45, 2.75) is 27.2 Å². The van der Waals surface area contributed by atoms with Gasteiger partial charge in [0.2, 0.25) is 0 Å². The minimum Gasteiger partial charge on any atom is -0.549 e. The van der Waals surface area contributed by atoms with Crippen LogP contribution in [0.15, 0.2) is 0 Å². The van der Waals surface area contributed by atoms with Gasteiger partial charge in [-0.25, -0.2) is 0 Å². The number of carboxylic acid groups (broad SMARTS) is 2. The Hall–Kier alpha value is -1.06. The zero-order valence-electron chi connectivity index (χ0n) is 7.42. The largest absolute Gasteiger partial charge is 0.549 e. The van der Waals surface area contributed by atoms with E-state index in [1.807, 2.05) is 0 Å². The monoisotopic (exact) mass is 172 g/mol. The number of carboxylic acids is 2. The van der Waals surface area contributed by atoms with Gasteiger partial charge in [-0.1, -0.05) is 20.8 Å². The Bertz CT molecular complexity index is 181. The summed E-state index contributed by atoms with van der Waals surface area (Å²) in [5, 5.41) is 20.8. The number of carbonyl (C=O) groups excluding carboxylic acids is 2. The molecule has 0 saturated heterocycles. The topological polar surface area (TPSA) is 80.3 Å². The minimum absolute atomic E-state index is 0.444. The van der Waals surface area contributed by atoms with Crippen LogP contribution in [0.4, 0.5) is 0 Å². The van der Waals surface area contributed by atoms with Crippen LogP contribution in [0.3, 0.4) is 0 Å². The SMILES string of the molecule is CCC(C)(C)C(C(=O)[O-])C(=O)[O-]. The molecule has 0 heterocycles. The molecule has 4 heteroatoms. The Morgan fingerprint density at radius 1 is 1.25 bits per heavy atom. The summed E-state index contributed by atoms with van der Waals surface area (Å²) in [6.45, 7) is 4.84. The fourth-order valence-electron chi connectivity index (χ4n) is 0.938. The molecule has 70 valence electrons. The van der Waals surface area contributed by atoms with Crippen molar-refractivity contribution in [3.8, 4) is 0 Å². The molecule has 0 aliphatic rings. The second kappa shape index (κ2) is 3.56. The fraction of sp³-hybridized carbons (Fsp3) is 0.750. The lowest BCUT2D eigenvalue weighted by molar-refractivity contribution is -0.336. The van der Waals surface area contributed by atoms with Gasteiger partial charge in [-0.3, -0.25) is 0 Å². The number of rotatable bonds is 4. The number of aliphatic carboxylic acids is 2. The highest BCUT2D eigenvalue weighted by molar-refractivity contribution is 5.91. The molecule has 0 saturated carbocycles. The third kappa shape index (κ3) is 2.22. The van der Waals surface area contributed by atoms with Crippen molar-refractivity contribution in [1.82, 2.24) is 0 Å². The van der Waals surface area contributed by atoms with E-state index in [9.17, 15) is 19.8 Å². The molecule has 0 unspecified atom stereocenters. The number of hydrogen-bond donors (Lipinski definition) is 0. The summed E-state index contributed by atoms with van der Waals surface area (Å²) in [5.74, 6) is -4.70. The van der Waals surface area contributed by atoms with Crippen molar-refractivity contribution >= 4 is 11.9 Å². The molecule has 0 bridgehead atoms. The summed E-state index contributed by atoms with van der Waals surface area (Å²) in [4.78, 5) is 20.8. The van der Waals surface area contributed by atoms with Gasteiger partial charge in [0, 0.05) is 5.92 Å². The Kier molecular flexibility index (Phi) is 3.24. The zero-order chi connectivity index (χ0) is 9.94. The molecular weight excluding hydrogens is 160 g/mol. The molecule has 0 aliphatic carbocycles. The molecule has 0 amide bonds. The molecule has 0 radical (unpaired) electrons. The van der Waals surface area contributed by atoms with Crippen molar-refractivity contribution in [3.63, 3.8) is 0 Å². The van der Waals surface area contributed by atoms with E-state index in [1.165, 1.54) is 0 Å². The van der Waals surface area contributed by atoms with Crippen LogP contribution >= 0.6 is 0 Å². The molecular formula is C8H12O4-2. The van der Waals surface area contributed by atoms with E-state index in [0.29, 0.717) is 6.42 Å². The van der Waals surface area contributed by atoms with Crippen LogP contribution in [0.1, 0.15) is 27.2 Å². The van der Waals surface area contributed by atoms with Crippen molar-refractivity contribution in [2.24, 2.45) is 11.3 Å². The van der Waals surface area contributed by atoms with Gasteiger partial charge in [-0.15, -0.1) is 0 Å². The van der Waals surface area contributed by atoms with E-state index in [4.69, 9.17) is 0 Å². The summed E-state index contributed by atoms with van der Waals surface area (Å²) >= 11 is 0. The van der Waals surface area contributed by atoms with Crippen LogP contribution in [-0.4, -0.2) is 11.9 Å². The van der Waals surface area contributed by atoms with E-state index in [1.54, 1.807) is 20.8 Å². The molecule has 0 aromatic carbocycles. The quantitative estimate of drug-likeness (QED) is 0.485. The predicted molar refractivity (Wildman–Crippen MR) is 37.6 cm³/mol. The first kappa shape index (κ1) is 10.9. The predicted octanol–water partition coefficient (Wildman–Crippen LogP) is -1.46. The maximum atomic E-state index is 10.4. The average molecular weight is 172 g/mol. The maximum Gasteiger partial charge on any atom is 0.0506 e. The van der Waals surface area contributed by atoms with E-state index in [2.05, 4.69) is 0 Å². The Morgan fingerprint density at radius 2 is 1.58 bits per heavy atom. The van der Waals surface area contributed by atoms with Gasteiger partial charge in [-0.05, 0) is 11.8 Å². The summed E-state index contributed by atoms with van der Waals surface area (Å²) in [5.41, 5.74) is -0.822. The zero-order valence-corrected chi connectivity index (χ0v) is 7.42. The van der Waals surface area contributed by atoms with Crippen molar-refractivity contribution in [2.75, 3.05) is 0 Å². The van der Waals surface area contributed by atoms with E-state index in [0.717, 1.165) is 0 Å². The molecule has 0 aromatic rings. The van der Waals surface area contributed by atoms with Crippen LogP contribution in [0.5, 0.6) is 0 Å². The third-order valence-electron chi connectivity index (χ3n) is 2.16. The summed E-state index contributed by atoms with van der Waals surface area (Å²) in [6.07, 6.45) is 0.444. The van der Waals surface area contributed by atoms with Gasteiger partial charge in [0.05, 0.1) is 11.9 Å². The molecule has 0 atom stereocenters. The number of carbonyl (C=O) groups is 2. The van der Waals surface area contributed by atoms with Gasteiger partial charge in [-0.2, -0.15) is 0 Å². The van der Waals surface area contributed by atoms with Crippen molar-refractivity contribution in [3.05, 3.63) is 0 Å². The molecule has 0 aromatic heterocycles. The molecule has 0 aliphatic heterocycles. The average Bonchev–Trinajstić information content (AvgIpc) is 1.84. The second-order valence-corrected chi connectivity index (χ2v) is 3.41. The van der Waals surface area contributed by atoms with Crippen LogP contribution < -0.4 is 10.2 Å². The third-order valence-corrected chi connectivity index (χ3v) is 2.16. The first-order valence-corrected chi connectivity index (χ1v) is 3.74. The van der Waals surface area contributed by atoms with Crippen LogP contribution in [0, 0.1) is 11.3 Å². The molecule has 12 heavy (non-hydrogen) atoms. The Morgan fingerprint density at radius 3 is 1.67 bits per heavy atom. The van der Waals surface area contributed by atoms with Crippen LogP contribution in [-0.2, 0) is 9.59 Å². The van der Waals surface area contributed by atoms with Gasteiger partial charge < -0.3 is 19.8 Å². The number of hydrogen-bond acceptors (Lipinski definition) is 4. The standard InChI is InChI=1S/C8H14O4/c1-4-8(2,3)5(6(9)10)7(11)12/h5H,4H2,1-3H3,(H,9,10)(H,11,12)/p-2. The Labute approximate surface area is 71.2 Å². The van der Waals surface area contributed by atoms with Gasteiger partial charge >= 0.3 is 0 Å². The molecule has 0 rings (SSSR count). The Balaban J connectivity index is 4.74. The maximum absolute atomic E-state index is 10.4. The summed E-state index contributed by atoms with van der Waals surface area (Å²) in [7, 11) is 0. The lowest BCUT2D eigenvalue weighted by Gasteiger charge is -2.34. The minimum atomic E-state index is -1.58. The molecule has 0 spiro atoms. The molecule has 4 nitrogen and oxygen atoms in total. The second-order valence-electron chi connectivity index (χ2n) is 3.41. The van der Waals surface area contributed by atoms with Crippen molar-refractivity contribution < 1.29 is 19.8 Å². The molecule has 0 fully saturated rings. The van der Waals surface area contributed by atoms with Crippen LogP contribution in [0.25, 0.3) is 0 Å². The van der Waals surface area contributed by atoms with Crippen molar-refractivity contribution in [1.29, 1.82) is 0 Å². The highest BCUT2D eigenvalue weighted by atomic mass is 16.4. The normalized spacial score (nSPS) is 11.7. The van der Waals surface area contributed by atoms with Gasteiger partial charge in [0.25, 0.3) is 0 Å². The highest BCUT2D eigenvalue weighted by Crippen LogP contribution is 2.29. The fourth-order valence-corrected chi connectivity index (χ4v) is 0.938. The summed E-state index contributed by atoms with van der Waals surface area (Å²) < 4.78 is 0. The van der Waals surface area contributed by atoms with E-state index < -0.39 is 23.3 Å². The first-order valence-electron chi connectivity index (χ1n) is 3.74. The van der Waals surface area contributed by atoms with Gasteiger partial charge in [0.15, 0.2) is 0 Å². The van der Waals surface area contributed by atoms with Gasteiger partial charge in [0.1, 0.15) is 0 Å². The van der Waals surface area contributed by atoms with Crippen LogP contribution in [0.2, 0.25) is 0 Å². The van der Waals surface area contributed by atoms with E-state index >= 15 is 0 Å². The lowest BCUT2D eigenvalue weighted by atomic mass is 9.77. The molecule has 0 N–H and O–H groups in total. The summed E-state index contributed by atoms with van der Waals surface area (Å²) in [6, 6.07) is 0. The van der Waals surface area contributed by atoms with E-state index in [-0.39, 0.29) is 0 Å².